The third-order valence-electron chi connectivity index (χ3n) is 3.68. The molecule has 1 aliphatic rings. The van der Waals surface area contributed by atoms with Crippen molar-refractivity contribution in [2.24, 2.45) is 0 Å². The summed E-state index contributed by atoms with van der Waals surface area (Å²) in [5.74, 6) is -0.538. The zero-order valence-corrected chi connectivity index (χ0v) is 11.7. The minimum atomic E-state index is -0.343. The molecule has 0 aromatic heterocycles. The molecule has 2 aromatic carbocycles. The van der Waals surface area contributed by atoms with Gasteiger partial charge in [0, 0.05) is 17.9 Å². The van der Waals surface area contributed by atoms with Gasteiger partial charge in [-0.05, 0) is 42.2 Å². The Morgan fingerprint density at radius 2 is 2.05 bits per heavy atom. The van der Waals surface area contributed by atoms with E-state index < -0.39 is 0 Å². The molecule has 1 aliphatic heterocycles. The third-order valence-corrected chi connectivity index (χ3v) is 3.68. The van der Waals surface area contributed by atoms with Crippen molar-refractivity contribution >= 4 is 17.3 Å². The summed E-state index contributed by atoms with van der Waals surface area (Å²) in [5.41, 5.74) is 3.44. The van der Waals surface area contributed by atoms with E-state index in [4.69, 9.17) is 0 Å². The smallest absolute Gasteiger partial charge is 0.228 e. The molecule has 21 heavy (non-hydrogen) atoms. The average molecular weight is 284 g/mol. The van der Waals surface area contributed by atoms with Crippen LogP contribution in [0.5, 0.6) is 0 Å². The van der Waals surface area contributed by atoms with Crippen molar-refractivity contribution in [3.63, 3.8) is 0 Å². The summed E-state index contributed by atoms with van der Waals surface area (Å²) in [6, 6.07) is 12.2. The van der Waals surface area contributed by atoms with Crippen LogP contribution in [0.1, 0.15) is 17.5 Å². The Labute approximate surface area is 123 Å². The predicted octanol–water partition coefficient (Wildman–Crippen LogP) is 3.37. The molecule has 0 spiro atoms. The second kappa shape index (κ2) is 5.95. The molecule has 0 radical (unpaired) electrons. The van der Waals surface area contributed by atoms with Gasteiger partial charge in [0.05, 0.1) is 6.42 Å². The molecule has 0 atom stereocenters. The van der Waals surface area contributed by atoms with Crippen molar-refractivity contribution in [1.82, 2.24) is 0 Å². The van der Waals surface area contributed by atoms with Crippen molar-refractivity contribution in [3.05, 3.63) is 59.4 Å². The number of carbonyl (C=O) groups excluding carboxylic acids is 1. The van der Waals surface area contributed by atoms with Crippen molar-refractivity contribution < 1.29 is 9.18 Å². The second-order valence-electron chi connectivity index (χ2n) is 5.18. The number of carbonyl (C=O) groups is 1. The van der Waals surface area contributed by atoms with Gasteiger partial charge < -0.3 is 10.6 Å². The normalized spacial score (nSPS) is 13.2. The van der Waals surface area contributed by atoms with E-state index in [9.17, 15) is 9.18 Å². The first-order valence-corrected chi connectivity index (χ1v) is 7.13. The van der Waals surface area contributed by atoms with Crippen LogP contribution in [0.2, 0.25) is 0 Å². The predicted molar refractivity (Wildman–Crippen MR) is 82.0 cm³/mol. The molecule has 0 saturated carbocycles. The number of nitrogens with one attached hydrogen (secondary N) is 2. The Bertz CT molecular complexity index is 670. The van der Waals surface area contributed by atoms with Crippen LogP contribution in [0.3, 0.4) is 0 Å². The highest BCUT2D eigenvalue weighted by Gasteiger charge is 2.15. The van der Waals surface area contributed by atoms with Crippen LogP contribution in [0.25, 0.3) is 0 Å². The highest BCUT2D eigenvalue weighted by atomic mass is 19.1. The first-order chi connectivity index (χ1) is 10.2. The standard InChI is InChI=1S/C17H17FN2O/c18-14-7-2-1-5-12(14)11-17(21)20-16-9-3-8-15-13(16)6-4-10-19-15/h1-3,5,7-9,19H,4,6,10-11H2,(H,20,21). The number of benzene rings is 2. The minimum absolute atomic E-state index is 0.0454. The van der Waals surface area contributed by atoms with Gasteiger partial charge >= 0.3 is 0 Å². The van der Waals surface area contributed by atoms with Crippen molar-refractivity contribution in [2.45, 2.75) is 19.3 Å². The first kappa shape index (κ1) is 13.6. The molecule has 0 aliphatic carbocycles. The van der Waals surface area contributed by atoms with E-state index in [2.05, 4.69) is 10.6 Å². The van der Waals surface area contributed by atoms with E-state index >= 15 is 0 Å². The number of fused-ring (bicyclic) bond motifs is 1. The zero-order valence-electron chi connectivity index (χ0n) is 11.7. The molecule has 0 unspecified atom stereocenters. The highest BCUT2D eigenvalue weighted by molar-refractivity contribution is 5.94. The van der Waals surface area contributed by atoms with Gasteiger partial charge in [-0.15, -0.1) is 0 Å². The first-order valence-electron chi connectivity index (χ1n) is 7.13. The van der Waals surface area contributed by atoms with Gasteiger partial charge in [0.15, 0.2) is 0 Å². The number of amides is 1. The molecule has 2 aromatic rings. The number of hydrogen-bond donors (Lipinski definition) is 2. The molecule has 1 heterocycles. The summed E-state index contributed by atoms with van der Waals surface area (Å²) in [5, 5.41) is 6.22. The van der Waals surface area contributed by atoms with Crippen molar-refractivity contribution in [3.8, 4) is 0 Å². The maximum atomic E-state index is 13.6. The maximum Gasteiger partial charge on any atom is 0.228 e. The lowest BCUT2D eigenvalue weighted by Crippen LogP contribution is -2.19. The quantitative estimate of drug-likeness (QED) is 0.907. The molecular formula is C17H17FN2O. The lowest BCUT2D eigenvalue weighted by atomic mass is 10.0. The molecule has 3 nitrogen and oxygen atoms in total. The van der Waals surface area contributed by atoms with Gasteiger partial charge in [0.1, 0.15) is 5.82 Å². The van der Waals surface area contributed by atoms with Crippen LogP contribution in [0.4, 0.5) is 15.8 Å². The molecule has 1 amide bonds. The van der Waals surface area contributed by atoms with Crippen LogP contribution >= 0.6 is 0 Å². The monoisotopic (exact) mass is 284 g/mol. The molecule has 108 valence electrons. The van der Waals surface area contributed by atoms with Crippen LogP contribution in [0, 0.1) is 5.82 Å². The Morgan fingerprint density at radius 1 is 1.19 bits per heavy atom. The van der Waals surface area contributed by atoms with E-state index in [1.165, 1.54) is 6.07 Å². The minimum Gasteiger partial charge on any atom is -0.385 e. The number of halogens is 1. The average Bonchev–Trinajstić information content (AvgIpc) is 2.50. The molecule has 2 N–H and O–H groups in total. The van der Waals surface area contributed by atoms with Gasteiger partial charge in [0.25, 0.3) is 0 Å². The highest BCUT2D eigenvalue weighted by Crippen LogP contribution is 2.28. The Kier molecular flexibility index (Phi) is 3.86. The number of anilines is 2. The van der Waals surface area contributed by atoms with E-state index in [1.54, 1.807) is 18.2 Å². The molecule has 3 rings (SSSR count). The molecule has 0 bridgehead atoms. The summed E-state index contributed by atoms with van der Waals surface area (Å²) in [7, 11) is 0. The van der Waals surface area contributed by atoms with Crippen molar-refractivity contribution in [2.75, 3.05) is 17.2 Å². The second-order valence-corrected chi connectivity index (χ2v) is 5.18. The summed E-state index contributed by atoms with van der Waals surface area (Å²) >= 11 is 0. The summed E-state index contributed by atoms with van der Waals surface area (Å²) in [6.07, 6.45) is 2.04. The van der Waals surface area contributed by atoms with Crippen LogP contribution < -0.4 is 10.6 Å². The topological polar surface area (TPSA) is 41.1 Å². The molecule has 0 fully saturated rings. The molecule has 4 heteroatoms. The number of hydrogen-bond acceptors (Lipinski definition) is 2. The van der Waals surface area contributed by atoms with E-state index in [0.717, 1.165) is 36.3 Å². The number of rotatable bonds is 3. The Morgan fingerprint density at radius 3 is 2.90 bits per heavy atom. The fraction of sp³-hybridized carbons (Fsp3) is 0.235. The van der Waals surface area contributed by atoms with E-state index in [0.29, 0.717) is 5.56 Å². The van der Waals surface area contributed by atoms with Gasteiger partial charge in [-0.1, -0.05) is 24.3 Å². The maximum absolute atomic E-state index is 13.6. The largest absolute Gasteiger partial charge is 0.385 e. The van der Waals surface area contributed by atoms with Gasteiger partial charge in [0.2, 0.25) is 5.91 Å². The van der Waals surface area contributed by atoms with Crippen molar-refractivity contribution in [1.29, 1.82) is 0 Å². The molecule has 0 saturated heterocycles. The zero-order chi connectivity index (χ0) is 14.7. The van der Waals surface area contributed by atoms with Gasteiger partial charge in [-0.25, -0.2) is 4.39 Å². The Balaban J connectivity index is 1.75. The third kappa shape index (κ3) is 3.05. The summed E-state index contributed by atoms with van der Waals surface area (Å²) in [6.45, 7) is 0.958. The summed E-state index contributed by atoms with van der Waals surface area (Å²) < 4.78 is 13.6. The summed E-state index contributed by atoms with van der Waals surface area (Å²) in [4.78, 5) is 12.1. The van der Waals surface area contributed by atoms with Crippen LogP contribution in [0.15, 0.2) is 42.5 Å². The Hall–Kier alpha value is -2.36. The lowest BCUT2D eigenvalue weighted by Gasteiger charge is -2.21. The molecular weight excluding hydrogens is 267 g/mol. The SMILES string of the molecule is O=C(Cc1ccccc1F)Nc1cccc2c1CCCN2. The van der Waals surface area contributed by atoms with Crippen LogP contribution in [-0.2, 0) is 17.6 Å². The van der Waals surface area contributed by atoms with Gasteiger partial charge in [-0.3, -0.25) is 4.79 Å². The van der Waals surface area contributed by atoms with E-state index in [-0.39, 0.29) is 18.1 Å². The van der Waals surface area contributed by atoms with Crippen LogP contribution in [-0.4, -0.2) is 12.5 Å². The van der Waals surface area contributed by atoms with Gasteiger partial charge in [-0.2, -0.15) is 0 Å². The van der Waals surface area contributed by atoms with E-state index in [1.807, 2.05) is 18.2 Å². The fourth-order valence-electron chi connectivity index (χ4n) is 2.64. The lowest BCUT2D eigenvalue weighted by molar-refractivity contribution is -0.115. The fourth-order valence-corrected chi connectivity index (χ4v) is 2.64.